The van der Waals surface area contributed by atoms with Gasteiger partial charge in [0.15, 0.2) is 0 Å². The molecule has 1 saturated heterocycles. The molecule has 1 saturated carbocycles. The SMILES string of the molecule is O=S(=O)(O)C(F)(F)C(F)(F)C(F)(F)S(=O)(=O)N1CCC2CC(c3ccc(-c4[nH]c(-c5ccccc5)nc4-c4ccccc4)cc3)CCC2C1. The first-order chi connectivity index (χ1) is 23.0. The third-order valence-electron chi connectivity index (χ3n) is 9.52. The minimum atomic E-state index is -7.08. The average Bonchev–Trinajstić information content (AvgIpc) is 3.54. The summed E-state index contributed by atoms with van der Waals surface area (Å²) in [5, 5.41) is -13.3. The van der Waals surface area contributed by atoms with Gasteiger partial charge in [0.25, 0.3) is 10.0 Å². The van der Waals surface area contributed by atoms with Crippen molar-refractivity contribution in [3.63, 3.8) is 0 Å². The van der Waals surface area contributed by atoms with E-state index >= 15 is 0 Å². The Morgan fingerprint density at radius 2 is 1.31 bits per heavy atom. The Morgan fingerprint density at radius 3 is 1.90 bits per heavy atom. The van der Waals surface area contributed by atoms with Gasteiger partial charge in [0.1, 0.15) is 5.82 Å². The number of halogens is 6. The van der Waals surface area contributed by atoms with Crippen LogP contribution in [0.15, 0.2) is 84.9 Å². The maximum absolute atomic E-state index is 14.6. The van der Waals surface area contributed by atoms with Gasteiger partial charge in [-0.2, -0.15) is 39.1 Å². The Balaban J connectivity index is 1.17. The van der Waals surface area contributed by atoms with E-state index < -0.39 is 55.6 Å². The van der Waals surface area contributed by atoms with Crippen molar-refractivity contribution in [1.29, 1.82) is 0 Å². The van der Waals surface area contributed by atoms with E-state index in [1.807, 2.05) is 84.9 Å². The van der Waals surface area contributed by atoms with Crippen LogP contribution in [-0.2, 0) is 20.1 Å². The highest BCUT2D eigenvalue weighted by Crippen LogP contribution is 2.52. The number of aromatic amines is 1. The van der Waals surface area contributed by atoms with Crippen molar-refractivity contribution in [2.45, 2.75) is 48.0 Å². The number of nitrogens with zero attached hydrogens (tertiary/aromatic N) is 2. The van der Waals surface area contributed by atoms with E-state index in [1.165, 1.54) is 0 Å². The molecule has 1 aromatic heterocycles. The van der Waals surface area contributed by atoms with Crippen molar-refractivity contribution in [2.24, 2.45) is 11.8 Å². The molecule has 0 bridgehead atoms. The topological polar surface area (TPSA) is 120 Å². The number of fused-ring (bicyclic) bond motifs is 1. The van der Waals surface area contributed by atoms with Crippen LogP contribution in [0, 0.1) is 11.8 Å². The van der Waals surface area contributed by atoms with E-state index in [2.05, 4.69) is 4.98 Å². The minimum Gasteiger partial charge on any atom is -0.337 e. The molecular formula is C33H31F6N3O5S2. The Kier molecular flexibility index (Phi) is 8.99. The lowest BCUT2D eigenvalue weighted by Crippen LogP contribution is -2.64. The first kappa shape index (κ1) is 35.1. The van der Waals surface area contributed by atoms with Gasteiger partial charge < -0.3 is 4.98 Å². The number of nitrogens with one attached hydrogen (secondary N) is 1. The van der Waals surface area contributed by atoms with Crippen LogP contribution >= 0.6 is 0 Å². The fourth-order valence-electron chi connectivity index (χ4n) is 6.80. The summed E-state index contributed by atoms with van der Waals surface area (Å²) in [4.78, 5) is 8.34. The fraction of sp³-hybridized carbons (Fsp3) is 0.364. The molecule has 8 nitrogen and oxygen atoms in total. The monoisotopic (exact) mass is 727 g/mol. The molecule has 6 rings (SSSR count). The van der Waals surface area contributed by atoms with Crippen LogP contribution in [0.2, 0.25) is 0 Å². The van der Waals surface area contributed by atoms with E-state index in [1.54, 1.807) is 0 Å². The molecule has 262 valence electrons. The van der Waals surface area contributed by atoms with Crippen molar-refractivity contribution < 1.29 is 47.7 Å². The van der Waals surface area contributed by atoms with E-state index in [-0.39, 0.29) is 22.6 Å². The number of rotatable bonds is 9. The zero-order chi connectivity index (χ0) is 35.4. The standard InChI is InChI=1S/C33H31F6N3O5S2/c34-31(35,33(38,39)49(45,46)47)32(36,37)48(43,44)42-18-17-26-19-25(15-16-27(26)20-42)21-11-13-23(14-12-21)29-28(22-7-3-1-4-8-22)40-30(41-29)24-9-5-2-6-10-24/h1-14,25-27H,15-20H2,(H,40,41)(H,45,46,47). The summed E-state index contributed by atoms with van der Waals surface area (Å²) < 4.78 is 140. The molecule has 3 unspecified atom stereocenters. The number of sulfonamides is 1. The van der Waals surface area contributed by atoms with Crippen LogP contribution in [0.4, 0.5) is 26.3 Å². The summed E-state index contributed by atoms with van der Waals surface area (Å²) in [6.07, 6.45) is 1.44. The number of hydrogen-bond donors (Lipinski definition) is 2. The predicted molar refractivity (Wildman–Crippen MR) is 170 cm³/mol. The summed E-state index contributed by atoms with van der Waals surface area (Å²) in [5.74, 6) is -6.88. The summed E-state index contributed by atoms with van der Waals surface area (Å²) >= 11 is 0. The number of piperidine rings is 1. The number of imidazole rings is 1. The summed E-state index contributed by atoms with van der Waals surface area (Å²) in [6.45, 7) is -1.27. The van der Waals surface area contributed by atoms with Crippen molar-refractivity contribution in [2.75, 3.05) is 13.1 Å². The molecule has 0 radical (unpaired) electrons. The van der Waals surface area contributed by atoms with Crippen LogP contribution in [0.3, 0.4) is 0 Å². The third-order valence-corrected chi connectivity index (χ3v) is 12.3. The van der Waals surface area contributed by atoms with Crippen LogP contribution in [0.1, 0.15) is 37.2 Å². The second-order valence-electron chi connectivity index (χ2n) is 12.4. The zero-order valence-corrected chi connectivity index (χ0v) is 27.2. The van der Waals surface area contributed by atoms with Crippen LogP contribution < -0.4 is 0 Å². The maximum Gasteiger partial charge on any atom is 0.439 e. The molecule has 2 fully saturated rings. The van der Waals surface area contributed by atoms with Crippen LogP contribution in [0.5, 0.6) is 0 Å². The van der Waals surface area contributed by atoms with Gasteiger partial charge >= 0.3 is 26.5 Å². The van der Waals surface area contributed by atoms with Crippen molar-refractivity contribution in [1.82, 2.24) is 14.3 Å². The Hall–Kier alpha value is -3.73. The molecule has 16 heteroatoms. The highest BCUT2D eigenvalue weighted by Gasteiger charge is 2.82. The Morgan fingerprint density at radius 1 is 0.714 bits per heavy atom. The van der Waals surface area contributed by atoms with Crippen LogP contribution in [0.25, 0.3) is 33.9 Å². The molecule has 1 aliphatic carbocycles. The smallest absolute Gasteiger partial charge is 0.337 e. The molecule has 0 amide bonds. The summed E-state index contributed by atoms with van der Waals surface area (Å²) in [7, 11) is -13.5. The van der Waals surface area contributed by atoms with E-state index in [4.69, 9.17) is 9.54 Å². The van der Waals surface area contributed by atoms with Crippen molar-refractivity contribution in [3.8, 4) is 33.9 Å². The molecule has 2 aliphatic rings. The fourth-order valence-corrected chi connectivity index (χ4v) is 8.83. The molecular weight excluding hydrogens is 697 g/mol. The number of aromatic nitrogens is 2. The highest BCUT2D eigenvalue weighted by atomic mass is 32.2. The van der Waals surface area contributed by atoms with Gasteiger partial charge in [0.2, 0.25) is 0 Å². The molecule has 4 aromatic rings. The number of hydrogen-bond acceptors (Lipinski definition) is 5. The van der Waals surface area contributed by atoms with Gasteiger partial charge in [-0.3, -0.25) is 4.55 Å². The largest absolute Gasteiger partial charge is 0.439 e. The molecule has 2 N–H and O–H groups in total. The Bertz CT molecular complexity index is 2030. The third kappa shape index (κ3) is 6.06. The van der Waals surface area contributed by atoms with Gasteiger partial charge in [0.05, 0.1) is 11.4 Å². The van der Waals surface area contributed by atoms with Crippen molar-refractivity contribution in [3.05, 3.63) is 90.5 Å². The second kappa shape index (κ2) is 12.5. The molecule has 2 heterocycles. The lowest BCUT2D eigenvalue weighted by Gasteiger charge is -2.44. The number of benzene rings is 3. The molecule has 3 atom stereocenters. The molecule has 49 heavy (non-hydrogen) atoms. The first-order valence-electron chi connectivity index (χ1n) is 15.4. The van der Waals surface area contributed by atoms with Gasteiger partial charge in [0, 0.05) is 29.8 Å². The number of H-pyrrole nitrogens is 1. The highest BCUT2D eigenvalue weighted by molar-refractivity contribution is 7.90. The molecule has 0 spiro atoms. The first-order valence-corrected chi connectivity index (χ1v) is 18.2. The quantitative estimate of drug-likeness (QED) is 0.135. The normalized spacial score (nSPS) is 21.3. The van der Waals surface area contributed by atoms with Crippen LogP contribution in [-0.4, -0.2) is 65.2 Å². The lowest BCUT2D eigenvalue weighted by molar-refractivity contribution is -0.247. The Labute approximate surface area is 279 Å². The molecule has 1 aliphatic heterocycles. The summed E-state index contributed by atoms with van der Waals surface area (Å²) in [5.41, 5.74) is 5.35. The average molecular weight is 728 g/mol. The minimum absolute atomic E-state index is 0.00562. The summed E-state index contributed by atoms with van der Waals surface area (Å²) in [6, 6.07) is 27.3. The van der Waals surface area contributed by atoms with E-state index in [9.17, 15) is 43.2 Å². The van der Waals surface area contributed by atoms with E-state index in [0.29, 0.717) is 25.1 Å². The van der Waals surface area contributed by atoms with E-state index in [0.717, 1.165) is 33.6 Å². The maximum atomic E-state index is 14.6. The molecule has 3 aromatic carbocycles. The zero-order valence-electron chi connectivity index (χ0n) is 25.6. The van der Waals surface area contributed by atoms with Gasteiger partial charge in [-0.15, -0.1) is 0 Å². The van der Waals surface area contributed by atoms with Gasteiger partial charge in [-0.25, -0.2) is 13.4 Å². The second-order valence-corrected chi connectivity index (χ2v) is 15.9. The predicted octanol–water partition coefficient (Wildman–Crippen LogP) is 7.65. The van der Waals surface area contributed by atoms with Crippen molar-refractivity contribution >= 4 is 20.1 Å². The van der Waals surface area contributed by atoms with Gasteiger partial charge in [-0.05, 0) is 49.0 Å². The lowest BCUT2D eigenvalue weighted by atomic mass is 9.69. The van der Waals surface area contributed by atoms with Gasteiger partial charge in [-0.1, -0.05) is 84.9 Å². The number of alkyl halides is 6.